The molecule has 0 unspecified atom stereocenters. The Kier molecular flexibility index (Phi) is 5.00. The second-order valence-corrected chi connectivity index (χ2v) is 7.71. The molecule has 126 valence electrons. The number of carbonyl (C=O) groups excluding carboxylic acids is 1. The maximum absolute atomic E-state index is 12.5. The number of rotatable bonds is 4. The lowest BCUT2D eigenvalue weighted by atomic mass is 10.1. The van der Waals surface area contributed by atoms with Gasteiger partial charge in [0.15, 0.2) is 9.84 Å². The van der Waals surface area contributed by atoms with Crippen LogP contribution in [-0.2, 0) is 9.84 Å². The molecule has 1 saturated heterocycles. The molecule has 1 aliphatic heterocycles. The lowest BCUT2D eigenvalue weighted by Crippen LogP contribution is -2.47. The van der Waals surface area contributed by atoms with Gasteiger partial charge >= 0.3 is 0 Å². The molecule has 0 bridgehead atoms. The van der Waals surface area contributed by atoms with Crippen molar-refractivity contribution in [3.8, 4) is 0 Å². The molecule has 1 aliphatic rings. The van der Waals surface area contributed by atoms with Crippen molar-refractivity contribution >= 4 is 21.4 Å². The second kappa shape index (κ2) is 6.63. The SMILES string of the molecule is CCS(=O)(=O)c1ccc(C(=O)N2CCN(C)CC2)c([N+](=O)[O-])c1. The van der Waals surface area contributed by atoms with Gasteiger partial charge in [-0.3, -0.25) is 14.9 Å². The van der Waals surface area contributed by atoms with Crippen LogP contribution in [-0.4, -0.2) is 68.0 Å². The van der Waals surface area contributed by atoms with Gasteiger partial charge in [0, 0.05) is 32.2 Å². The van der Waals surface area contributed by atoms with Crippen molar-refractivity contribution < 1.29 is 18.1 Å². The Morgan fingerprint density at radius 1 is 1.26 bits per heavy atom. The first-order valence-corrected chi connectivity index (χ1v) is 8.90. The molecule has 1 heterocycles. The summed E-state index contributed by atoms with van der Waals surface area (Å²) >= 11 is 0. The predicted molar refractivity (Wildman–Crippen MR) is 84.2 cm³/mol. The first kappa shape index (κ1) is 17.4. The molecule has 0 atom stereocenters. The second-order valence-electron chi connectivity index (χ2n) is 5.43. The van der Waals surface area contributed by atoms with Crippen molar-refractivity contribution in [3.05, 3.63) is 33.9 Å². The van der Waals surface area contributed by atoms with Crippen LogP contribution in [0, 0.1) is 10.1 Å². The highest BCUT2D eigenvalue weighted by Gasteiger charge is 2.28. The number of likely N-dealkylation sites (N-methyl/N-ethyl adjacent to an activating group) is 1. The summed E-state index contributed by atoms with van der Waals surface area (Å²) < 4.78 is 23.7. The van der Waals surface area contributed by atoms with Gasteiger partial charge in [0.05, 0.1) is 15.6 Å². The largest absolute Gasteiger partial charge is 0.336 e. The zero-order chi connectivity index (χ0) is 17.2. The van der Waals surface area contributed by atoms with Crippen LogP contribution in [0.1, 0.15) is 17.3 Å². The molecule has 1 amide bonds. The summed E-state index contributed by atoms with van der Waals surface area (Å²) in [7, 11) is -1.63. The topological polar surface area (TPSA) is 101 Å². The van der Waals surface area contributed by atoms with Crippen LogP contribution in [0.15, 0.2) is 23.1 Å². The molecule has 1 fully saturated rings. The van der Waals surface area contributed by atoms with Gasteiger partial charge in [0.2, 0.25) is 0 Å². The van der Waals surface area contributed by atoms with Gasteiger partial charge in [-0.2, -0.15) is 0 Å². The quantitative estimate of drug-likeness (QED) is 0.592. The van der Waals surface area contributed by atoms with E-state index in [1.807, 2.05) is 7.05 Å². The highest BCUT2D eigenvalue weighted by Crippen LogP contribution is 2.25. The molecule has 1 aromatic carbocycles. The third kappa shape index (κ3) is 3.67. The third-order valence-electron chi connectivity index (χ3n) is 3.93. The number of carbonyl (C=O) groups is 1. The summed E-state index contributed by atoms with van der Waals surface area (Å²) in [6, 6.07) is 3.47. The minimum Gasteiger partial charge on any atom is -0.336 e. The van der Waals surface area contributed by atoms with E-state index in [0.29, 0.717) is 26.2 Å². The summed E-state index contributed by atoms with van der Waals surface area (Å²) in [6.45, 7) is 3.83. The van der Waals surface area contributed by atoms with Crippen molar-refractivity contribution in [2.24, 2.45) is 0 Å². The van der Waals surface area contributed by atoms with E-state index in [-0.39, 0.29) is 16.2 Å². The highest BCUT2D eigenvalue weighted by atomic mass is 32.2. The summed E-state index contributed by atoms with van der Waals surface area (Å²) in [5.41, 5.74) is -0.543. The third-order valence-corrected chi connectivity index (χ3v) is 5.66. The summed E-state index contributed by atoms with van der Waals surface area (Å²) in [4.78, 5) is 26.5. The lowest BCUT2D eigenvalue weighted by Gasteiger charge is -2.32. The Hall–Kier alpha value is -2.00. The van der Waals surface area contributed by atoms with Crippen LogP contribution in [0.25, 0.3) is 0 Å². The molecule has 1 aromatic rings. The monoisotopic (exact) mass is 341 g/mol. The molecule has 0 saturated carbocycles. The first-order valence-electron chi connectivity index (χ1n) is 7.25. The van der Waals surface area contributed by atoms with E-state index in [1.165, 1.54) is 19.1 Å². The van der Waals surface area contributed by atoms with Crippen molar-refractivity contribution in [1.29, 1.82) is 0 Å². The van der Waals surface area contributed by atoms with Crippen molar-refractivity contribution in [1.82, 2.24) is 9.80 Å². The van der Waals surface area contributed by atoms with Crippen LogP contribution in [0.5, 0.6) is 0 Å². The Balaban J connectivity index is 2.39. The number of piperazine rings is 1. The van der Waals surface area contributed by atoms with E-state index in [2.05, 4.69) is 4.90 Å². The van der Waals surface area contributed by atoms with E-state index in [1.54, 1.807) is 4.90 Å². The van der Waals surface area contributed by atoms with Crippen molar-refractivity contribution in [2.75, 3.05) is 39.0 Å². The lowest BCUT2D eigenvalue weighted by molar-refractivity contribution is -0.385. The fourth-order valence-corrected chi connectivity index (χ4v) is 3.28. The van der Waals surface area contributed by atoms with Crippen LogP contribution in [0.2, 0.25) is 0 Å². The minimum atomic E-state index is -3.56. The average molecular weight is 341 g/mol. The van der Waals surface area contributed by atoms with E-state index < -0.39 is 26.4 Å². The fourth-order valence-electron chi connectivity index (χ4n) is 2.38. The predicted octanol–water partition coefficient (Wildman–Crippen LogP) is 0.776. The van der Waals surface area contributed by atoms with Crippen LogP contribution in [0.3, 0.4) is 0 Å². The summed E-state index contributed by atoms with van der Waals surface area (Å²) in [5, 5.41) is 11.3. The minimum absolute atomic E-state index is 0.0744. The number of hydrogen-bond donors (Lipinski definition) is 0. The Labute approximate surface area is 134 Å². The zero-order valence-corrected chi connectivity index (χ0v) is 13.9. The zero-order valence-electron chi connectivity index (χ0n) is 13.1. The van der Waals surface area contributed by atoms with Gasteiger partial charge < -0.3 is 9.80 Å². The van der Waals surface area contributed by atoms with Gasteiger partial charge in [0.25, 0.3) is 11.6 Å². The number of sulfone groups is 1. The average Bonchev–Trinajstić information content (AvgIpc) is 2.54. The molecule has 0 N–H and O–H groups in total. The Morgan fingerprint density at radius 2 is 1.87 bits per heavy atom. The maximum Gasteiger partial charge on any atom is 0.283 e. The maximum atomic E-state index is 12.5. The number of nitro benzene ring substituents is 1. The fraction of sp³-hybridized carbons (Fsp3) is 0.500. The number of nitro groups is 1. The molecule has 0 spiro atoms. The van der Waals surface area contributed by atoms with E-state index >= 15 is 0 Å². The standard InChI is InChI=1S/C14H19N3O5S/c1-3-23(21,22)11-4-5-12(13(10-11)17(19)20)14(18)16-8-6-15(2)7-9-16/h4-5,10H,3,6-9H2,1-2H3. The Bertz CT molecular complexity index is 724. The molecule has 0 aromatic heterocycles. The summed E-state index contributed by atoms with van der Waals surface area (Å²) in [6.07, 6.45) is 0. The smallest absolute Gasteiger partial charge is 0.283 e. The van der Waals surface area contributed by atoms with Crippen molar-refractivity contribution in [3.63, 3.8) is 0 Å². The van der Waals surface area contributed by atoms with Crippen LogP contribution < -0.4 is 0 Å². The molecular formula is C14H19N3O5S. The van der Waals surface area contributed by atoms with Gasteiger partial charge in [-0.25, -0.2) is 8.42 Å². The highest BCUT2D eigenvalue weighted by molar-refractivity contribution is 7.91. The normalized spacial score (nSPS) is 16.3. The number of hydrogen-bond acceptors (Lipinski definition) is 6. The van der Waals surface area contributed by atoms with Gasteiger partial charge in [-0.1, -0.05) is 6.92 Å². The molecule has 0 aliphatic carbocycles. The molecule has 8 nitrogen and oxygen atoms in total. The number of amides is 1. The van der Waals surface area contributed by atoms with E-state index in [4.69, 9.17) is 0 Å². The van der Waals surface area contributed by atoms with E-state index in [0.717, 1.165) is 6.07 Å². The summed E-state index contributed by atoms with van der Waals surface area (Å²) in [5.74, 6) is -0.596. The van der Waals surface area contributed by atoms with Crippen LogP contribution >= 0.6 is 0 Å². The number of benzene rings is 1. The molecule has 23 heavy (non-hydrogen) atoms. The molecular weight excluding hydrogens is 322 g/mol. The van der Waals surface area contributed by atoms with Gasteiger partial charge in [-0.15, -0.1) is 0 Å². The first-order chi connectivity index (χ1) is 10.8. The molecule has 2 rings (SSSR count). The molecule has 9 heteroatoms. The number of nitrogens with zero attached hydrogens (tertiary/aromatic N) is 3. The van der Waals surface area contributed by atoms with Gasteiger partial charge in [-0.05, 0) is 19.2 Å². The van der Waals surface area contributed by atoms with Crippen molar-refractivity contribution in [2.45, 2.75) is 11.8 Å². The van der Waals surface area contributed by atoms with Crippen LogP contribution in [0.4, 0.5) is 5.69 Å². The van der Waals surface area contributed by atoms with E-state index in [9.17, 15) is 23.3 Å². The molecule has 0 radical (unpaired) electrons. The Morgan fingerprint density at radius 3 is 2.39 bits per heavy atom. The van der Waals surface area contributed by atoms with Gasteiger partial charge in [0.1, 0.15) is 5.56 Å².